The van der Waals surface area contributed by atoms with Crippen LogP contribution in [-0.4, -0.2) is 16.9 Å². The number of nitrogens with one attached hydrogen (secondary N) is 2. The summed E-state index contributed by atoms with van der Waals surface area (Å²) in [6.07, 6.45) is 2.02. The maximum atomic E-state index is 12.0. The summed E-state index contributed by atoms with van der Waals surface area (Å²) in [5.74, 6) is -0.184. The van der Waals surface area contributed by atoms with Gasteiger partial charge in [0.2, 0.25) is 11.8 Å². The minimum absolute atomic E-state index is 0.114. The van der Waals surface area contributed by atoms with Crippen molar-refractivity contribution in [3.05, 3.63) is 0 Å². The van der Waals surface area contributed by atoms with Crippen molar-refractivity contribution in [3.8, 4) is 0 Å². The predicted molar refractivity (Wildman–Crippen MR) is 65.7 cm³/mol. The molecule has 0 spiro atoms. The van der Waals surface area contributed by atoms with Crippen LogP contribution >= 0.6 is 12.2 Å². The van der Waals surface area contributed by atoms with E-state index in [2.05, 4.69) is 17.6 Å². The largest absolute Gasteiger partial charge is 0.302 e. The van der Waals surface area contributed by atoms with E-state index in [0.29, 0.717) is 18.8 Å². The zero-order valence-corrected chi connectivity index (χ0v) is 10.7. The SMILES string of the molecule is CCC(C)CC1(CC)C(=O)NC(=S)NC1=O. The Bertz CT molecular complexity index is 308. The lowest BCUT2D eigenvalue weighted by Crippen LogP contribution is -2.62. The van der Waals surface area contributed by atoms with Gasteiger partial charge in [-0.2, -0.15) is 0 Å². The molecule has 0 aromatic carbocycles. The van der Waals surface area contributed by atoms with E-state index in [1.54, 1.807) is 0 Å². The second kappa shape index (κ2) is 4.91. The Morgan fingerprint density at radius 2 is 1.75 bits per heavy atom. The standard InChI is InChI=1S/C11H18N2O2S/c1-4-7(3)6-11(5-2)8(14)12-10(16)13-9(11)15/h7H,4-6H2,1-3H3,(H2,12,13,14,15,16). The predicted octanol–water partition coefficient (Wildman–Crippen LogP) is 1.35. The lowest BCUT2D eigenvalue weighted by molar-refractivity contribution is -0.145. The highest BCUT2D eigenvalue weighted by Gasteiger charge is 2.48. The third kappa shape index (κ3) is 2.24. The fourth-order valence-electron chi connectivity index (χ4n) is 1.97. The van der Waals surface area contributed by atoms with Gasteiger partial charge in [-0.3, -0.25) is 9.59 Å². The maximum Gasteiger partial charge on any atom is 0.241 e. The van der Waals surface area contributed by atoms with Gasteiger partial charge in [0.1, 0.15) is 5.41 Å². The first kappa shape index (κ1) is 13.1. The number of carbonyl (C=O) groups excluding carboxylic acids is 2. The number of hydrogen-bond acceptors (Lipinski definition) is 3. The van der Waals surface area contributed by atoms with Gasteiger partial charge in [-0.1, -0.05) is 27.2 Å². The zero-order valence-electron chi connectivity index (χ0n) is 9.92. The third-order valence-corrected chi connectivity index (χ3v) is 3.52. The fourth-order valence-corrected chi connectivity index (χ4v) is 2.16. The summed E-state index contributed by atoms with van der Waals surface area (Å²) in [4.78, 5) is 23.9. The second-order valence-corrected chi connectivity index (χ2v) is 4.80. The summed E-state index contributed by atoms with van der Waals surface area (Å²) in [5.41, 5.74) is -0.947. The molecule has 5 heteroatoms. The summed E-state index contributed by atoms with van der Waals surface area (Å²) in [6, 6.07) is 0. The average molecular weight is 242 g/mol. The lowest BCUT2D eigenvalue weighted by atomic mass is 9.74. The number of thiocarbonyl (C=S) groups is 1. The normalized spacial score (nSPS) is 21.3. The van der Waals surface area contributed by atoms with E-state index in [-0.39, 0.29) is 16.9 Å². The Kier molecular flexibility index (Phi) is 4.02. The minimum atomic E-state index is -0.947. The first-order chi connectivity index (χ1) is 7.46. The van der Waals surface area contributed by atoms with E-state index in [9.17, 15) is 9.59 Å². The van der Waals surface area contributed by atoms with Gasteiger partial charge in [0, 0.05) is 0 Å². The monoisotopic (exact) mass is 242 g/mol. The molecule has 0 aliphatic carbocycles. The number of amides is 2. The molecular weight excluding hydrogens is 224 g/mol. The van der Waals surface area contributed by atoms with E-state index >= 15 is 0 Å². The van der Waals surface area contributed by atoms with Gasteiger partial charge < -0.3 is 10.6 Å². The minimum Gasteiger partial charge on any atom is -0.302 e. The van der Waals surface area contributed by atoms with Crippen LogP contribution in [0.15, 0.2) is 0 Å². The molecular formula is C11H18N2O2S. The van der Waals surface area contributed by atoms with Gasteiger partial charge in [0.15, 0.2) is 5.11 Å². The Morgan fingerprint density at radius 3 is 2.12 bits per heavy atom. The highest BCUT2D eigenvalue weighted by Crippen LogP contribution is 2.33. The van der Waals surface area contributed by atoms with Gasteiger partial charge >= 0.3 is 0 Å². The number of hydrogen-bond donors (Lipinski definition) is 2. The molecule has 1 heterocycles. The molecule has 0 bridgehead atoms. The van der Waals surface area contributed by atoms with Crippen molar-refractivity contribution in [3.63, 3.8) is 0 Å². The summed E-state index contributed by atoms with van der Waals surface area (Å²) in [6.45, 7) is 5.96. The smallest absolute Gasteiger partial charge is 0.241 e. The molecule has 4 nitrogen and oxygen atoms in total. The summed E-state index contributed by atoms with van der Waals surface area (Å²) in [5, 5.41) is 5.20. The molecule has 1 atom stereocenters. The van der Waals surface area contributed by atoms with Crippen molar-refractivity contribution in [2.24, 2.45) is 11.3 Å². The van der Waals surface area contributed by atoms with Crippen LogP contribution < -0.4 is 10.6 Å². The molecule has 1 aliphatic rings. The van der Waals surface area contributed by atoms with Crippen molar-refractivity contribution < 1.29 is 9.59 Å². The first-order valence-corrected chi connectivity index (χ1v) is 6.04. The first-order valence-electron chi connectivity index (χ1n) is 5.63. The van der Waals surface area contributed by atoms with Gasteiger partial charge in [0.05, 0.1) is 0 Å². The van der Waals surface area contributed by atoms with Gasteiger partial charge in [-0.05, 0) is 31.0 Å². The van der Waals surface area contributed by atoms with Crippen LogP contribution in [0.5, 0.6) is 0 Å². The Labute approximate surface area is 101 Å². The van der Waals surface area contributed by atoms with Gasteiger partial charge in [0.25, 0.3) is 0 Å². The fraction of sp³-hybridized carbons (Fsp3) is 0.727. The van der Waals surface area contributed by atoms with Crippen LogP contribution in [0, 0.1) is 11.3 Å². The second-order valence-electron chi connectivity index (χ2n) is 4.39. The molecule has 2 N–H and O–H groups in total. The molecule has 90 valence electrons. The van der Waals surface area contributed by atoms with E-state index in [1.165, 1.54) is 0 Å². The van der Waals surface area contributed by atoms with Crippen molar-refractivity contribution in [2.75, 3.05) is 0 Å². The van der Waals surface area contributed by atoms with E-state index in [0.717, 1.165) is 6.42 Å². The lowest BCUT2D eigenvalue weighted by Gasteiger charge is -2.35. The molecule has 0 radical (unpaired) electrons. The van der Waals surface area contributed by atoms with Crippen molar-refractivity contribution in [2.45, 2.75) is 40.0 Å². The number of carbonyl (C=O) groups is 2. The molecule has 0 saturated carbocycles. The third-order valence-electron chi connectivity index (χ3n) is 3.32. The quantitative estimate of drug-likeness (QED) is 0.578. The molecule has 1 saturated heterocycles. The summed E-state index contributed by atoms with van der Waals surface area (Å²) >= 11 is 4.79. The molecule has 1 unspecified atom stereocenters. The summed E-state index contributed by atoms with van der Waals surface area (Å²) < 4.78 is 0. The molecule has 16 heavy (non-hydrogen) atoms. The van der Waals surface area contributed by atoms with Crippen LogP contribution in [0.1, 0.15) is 40.0 Å². The van der Waals surface area contributed by atoms with Crippen molar-refractivity contribution >= 4 is 29.1 Å². The topological polar surface area (TPSA) is 58.2 Å². The summed E-state index contributed by atoms with van der Waals surface area (Å²) in [7, 11) is 0. The highest BCUT2D eigenvalue weighted by atomic mass is 32.1. The van der Waals surface area contributed by atoms with E-state index in [1.807, 2.05) is 13.8 Å². The van der Waals surface area contributed by atoms with Gasteiger partial charge in [-0.25, -0.2) is 0 Å². The van der Waals surface area contributed by atoms with E-state index in [4.69, 9.17) is 12.2 Å². The maximum absolute atomic E-state index is 12.0. The van der Waals surface area contributed by atoms with Crippen molar-refractivity contribution in [1.29, 1.82) is 0 Å². The van der Waals surface area contributed by atoms with Crippen LogP contribution in [-0.2, 0) is 9.59 Å². The van der Waals surface area contributed by atoms with Crippen LogP contribution in [0.2, 0.25) is 0 Å². The molecule has 0 aromatic rings. The zero-order chi connectivity index (χ0) is 12.3. The van der Waals surface area contributed by atoms with Crippen LogP contribution in [0.25, 0.3) is 0 Å². The molecule has 1 fully saturated rings. The Hall–Kier alpha value is -0.970. The number of rotatable bonds is 4. The molecule has 2 amide bonds. The Morgan fingerprint density at radius 1 is 1.25 bits per heavy atom. The van der Waals surface area contributed by atoms with Gasteiger partial charge in [-0.15, -0.1) is 0 Å². The molecule has 1 rings (SSSR count). The molecule has 0 aromatic heterocycles. The van der Waals surface area contributed by atoms with E-state index < -0.39 is 5.41 Å². The Balaban J connectivity index is 2.96. The molecule has 1 aliphatic heterocycles. The van der Waals surface area contributed by atoms with Crippen LogP contribution in [0.3, 0.4) is 0 Å². The average Bonchev–Trinajstić information content (AvgIpc) is 2.23. The van der Waals surface area contributed by atoms with Crippen molar-refractivity contribution in [1.82, 2.24) is 10.6 Å². The van der Waals surface area contributed by atoms with Crippen LogP contribution in [0.4, 0.5) is 0 Å². The highest BCUT2D eigenvalue weighted by molar-refractivity contribution is 7.80.